The molecule has 1 aliphatic rings. The Balaban J connectivity index is 1.99. The molecule has 0 amide bonds. The lowest BCUT2D eigenvalue weighted by atomic mass is 10.1. The van der Waals surface area contributed by atoms with Crippen LogP contribution in [0.5, 0.6) is 0 Å². The standard InChI is InChI=1S/C13H17N3/c1-2-5-11-6-3-4-7-12(11)16-10-13-14-8-9-15-13/h2-4,6-7,16H,1,5,8-10H2,(H,14,15). The Morgan fingerprint density at radius 3 is 3.06 bits per heavy atom. The Kier molecular flexibility index (Phi) is 3.59. The Hall–Kier alpha value is -1.77. The first kappa shape index (κ1) is 10.7. The summed E-state index contributed by atoms with van der Waals surface area (Å²) >= 11 is 0. The van der Waals surface area contributed by atoms with Crippen molar-refractivity contribution in [1.82, 2.24) is 5.32 Å². The third kappa shape index (κ3) is 2.63. The van der Waals surface area contributed by atoms with Crippen LogP contribution in [0.1, 0.15) is 5.56 Å². The van der Waals surface area contributed by atoms with Gasteiger partial charge >= 0.3 is 0 Å². The Morgan fingerprint density at radius 1 is 1.44 bits per heavy atom. The van der Waals surface area contributed by atoms with Gasteiger partial charge in [-0.15, -0.1) is 6.58 Å². The maximum Gasteiger partial charge on any atom is 0.116 e. The van der Waals surface area contributed by atoms with E-state index in [1.54, 1.807) is 0 Å². The van der Waals surface area contributed by atoms with Gasteiger partial charge in [-0.3, -0.25) is 4.99 Å². The number of para-hydroxylation sites is 1. The summed E-state index contributed by atoms with van der Waals surface area (Å²) in [6.45, 7) is 6.40. The fraction of sp³-hybridized carbons (Fsp3) is 0.308. The maximum atomic E-state index is 4.35. The highest BCUT2D eigenvalue weighted by molar-refractivity contribution is 5.87. The molecule has 0 saturated carbocycles. The molecule has 2 N–H and O–H groups in total. The molecule has 0 bridgehead atoms. The Labute approximate surface area is 96.3 Å². The van der Waals surface area contributed by atoms with Gasteiger partial charge in [0, 0.05) is 12.2 Å². The number of anilines is 1. The van der Waals surface area contributed by atoms with Crippen LogP contribution in [-0.4, -0.2) is 25.5 Å². The van der Waals surface area contributed by atoms with Gasteiger partial charge < -0.3 is 10.6 Å². The van der Waals surface area contributed by atoms with E-state index in [-0.39, 0.29) is 0 Å². The van der Waals surface area contributed by atoms with Crippen LogP contribution in [0.2, 0.25) is 0 Å². The van der Waals surface area contributed by atoms with Crippen molar-refractivity contribution in [3.63, 3.8) is 0 Å². The molecule has 1 heterocycles. The predicted molar refractivity (Wildman–Crippen MR) is 69.1 cm³/mol. The van der Waals surface area contributed by atoms with Crippen LogP contribution in [0.15, 0.2) is 41.9 Å². The number of hydrogen-bond donors (Lipinski definition) is 2. The van der Waals surface area contributed by atoms with Gasteiger partial charge in [0.05, 0.1) is 13.1 Å². The van der Waals surface area contributed by atoms with E-state index in [0.717, 1.165) is 31.9 Å². The summed E-state index contributed by atoms with van der Waals surface area (Å²) in [5, 5.41) is 6.64. The Morgan fingerprint density at radius 2 is 2.31 bits per heavy atom. The smallest absolute Gasteiger partial charge is 0.116 e. The van der Waals surface area contributed by atoms with Crippen molar-refractivity contribution >= 4 is 11.5 Å². The summed E-state index contributed by atoms with van der Waals surface area (Å²) in [6.07, 6.45) is 2.81. The summed E-state index contributed by atoms with van der Waals surface area (Å²) in [7, 11) is 0. The second-order valence-corrected chi connectivity index (χ2v) is 3.76. The van der Waals surface area contributed by atoms with Gasteiger partial charge in [-0.25, -0.2) is 0 Å². The van der Waals surface area contributed by atoms with Crippen LogP contribution in [0.3, 0.4) is 0 Å². The van der Waals surface area contributed by atoms with Crippen molar-refractivity contribution in [2.24, 2.45) is 4.99 Å². The van der Waals surface area contributed by atoms with Gasteiger partial charge in [-0.05, 0) is 18.1 Å². The summed E-state index contributed by atoms with van der Waals surface area (Å²) in [5.74, 6) is 1.05. The molecule has 1 aromatic carbocycles. The molecule has 16 heavy (non-hydrogen) atoms. The zero-order valence-electron chi connectivity index (χ0n) is 9.37. The van der Waals surface area contributed by atoms with Crippen LogP contribution in [0.4, 0.5) is 5.69 Å². The lowest BCUT2D eigenvalue weighted by Gasteiger charge is -2.10. The average Bonchev–Trinajstić information content (AvgIpc) is 2.81. The third-order valence-electron chi connectivity index (χ3n) is 2.57. The van der Waals surface area contributed by atoms with Crippen molar-refractivity contribution in [2.75, 3.05) is 25.0 Å². The zero-order chi connectivity index (χ0) is 11.2. The number of aliphatic imine (C=N–C) groups is 1. The van der Waals surface area contributed by atoms with Gasteiger partial charge in [-0.2, -0.15) is 0 Å². The molecular weight excluding hydrogens is 198 g/mol. The molecule has 0 fully saturated rings. The molecule has 84 valence electrons. The van der Waals surface area contributed by atoms with E-state index in [1.807, 2.05) is 12.1 Å². The van der Waals surface area contributed by atoms with Crippen molar-refractivity contribution in [1.29, 1.82) is 0 Å². The molecule has 2 rings (SSSR count). The molecule has 1 aromatic rings. The topological polar surface area (TPSA) is 36.4 Å². The van der Waals surface area contributed by atoms with E-state index >= 15 is 0 Å². The SMILES string of the molecule is C=CCc1ccccc1NCC1=NCCN1. The van der Waals surface area contributed by atoms with E-state index in [4.69, 9.17) is 0 Å². The lowest BCUT2D eigenvalue weighted by Crippen LogP contribution is -2.26. The van der Waals surface area contributed by atoms with Crippen LogP contribution >= 0.6 is 0 Å². The fourth-order valence-electron chi connectivity index (χ4n) is 1.77. The molecule has 0 unspecified atom stereocenters. The number of nitrogens with one attached hydrogen (secondary N) is 2. The monoisotopic (exact) mass is 215 g/mol. The fourth-order valence-corrected chi connectivity index (χ4v) is 1.77. The maximum absolute atomic E-state index is 4.35. The highest BCUT2D eigenvalue weighted by Gasteiger charge is 2.05. The number of benzene rings is 1. The molecule has 0 atom stereocenters. The van der Waals surface area contributed by atoms with Crippen LogP contribution in [-0.2, 0) is 6.42 Å². The van der Waals surface area contributed by atoms with Crippen molar-refractivity contribution in [3.8, 4) is 0 Å². The first-order valence-corrected chi connectivity index (χ1v) is 5.60. The Bertz CT molecular complexity index is 396. The molecule has 3 heteroatoms. The average molecular weight is 215 g/mol. The summed E-state index contributed by atoms with van der Waals surface area (Å²) < 4.78 is 0. The minimum atomic E-state index is 0.772. The number of allylic oxidation sites excluding steroid dienone is 1. The minimum absolute atomic E-state index is 0.772. The van der Waals surface area contributed by atoms with Gasteiger partial charge in [0.25, 0.3) is 0 Å². The third-order valence-corrected chi connectivity index (χ3v) is 2.57. The van der Waals surface area contributed by atoms with Gasteiger partial charge in [0.1, 0.15) is 5.84 Å². The van der Waals surface area contributed by atoms with Crippen molar-refractivity contribution in [2.45, 2.75) is 6.42 Å². The van der Waals surface area contributed by atoms with Gasteiger partial charge in [0.2, 0.25) is 0 Å². The summed E-state index contributed by atoms with van der Waals surface area (Å²) in [5.41, 5.74) is 2.44. The summed E-state index contributed by atoms with van der Waals surface area (Å²) in [6, 6.07) is 8.30. The van der Waals surface area contributed by atoms with Gasteiger partial charge in [-0.1, -0.05) is 24.3 Å². The molecule has 0 radical (unpaired) electrons. The minimum Gasteiger partial charge on any atom is -0.378 e. The molecule has 1 aliphatic heterocycles. The predicted octanol–water partition coefficient (Wildman–Crippen LogP) is 1.83. The van der Waals surface area contributed by atoms with E-state index in [0.29, 0.717) is 0 Å². The second kappa shape index (κ2) is 5.35. The van der Waals surface area contributed by atoms with Crippen molar-refractivity contribution in [3.05, 3.63) is 42.5 Å². The number of rotatable bonds is 5. The lowest BCUT2D eigenvalue weighted by molar-refractivity contribution is 0.955. The van der Waals surface area contributed by atoms with Crippen LogP contribution in [0.25, 0.3) is 0 Å². The summed E-state index contributed by atoms with van der Waals surface area (Å²) in [4.78, 5) is 4.35. The van der Waals surface area contributed by atoms with Gasteiger partial charge in [0.15, 0.2) is 0 Å². The first-order chi connectivity index (χ1) is 7.90. The van der Waals surface area contributed by atoms with E-state index < -0.39 is 0 Å². The first-order valence-electron chi connectivity index (χ1n) is 5.60. The number of hydrogen-bond acceptors (Lipinski definition) is 3. The highest BCUT2D eigenvalue weighted by Crippen LogP contribution is 2.15. The van der Waals surface area contributed by atoms with E-state index in [2.05, 4.69) is 40.4 Å². The van der Waals surface area contributed by atoms with Crippen LogP contribution in [0, 0.1) is 0 Å². The highest BCUT2D eigenvalue weighted by atomic mass is 15.1. The quantitative estimate of drug-likeness (QED) is 0.735. The number of nitrogens with zero attached hydrogens (tertiary/aromatic N) is 1. The van der Waals surface area contributed by atoms with E-state index in [9.17, 15) is 0 Å². The van der Waals surface area contributed by atoms with Crippen molar-refractivity contribution < 1.29 is 0 Å². The zero-order valence-corrected chi connectivity index (χ0v) is 9.37. The number of amidine groups is 1. The normalized spacial score (nSPS) is 14.1. The molecule has 0 saturated heterocycles. The molecule has 0 spiro atoms. The molecule has 3 nitrogen and oxygen atoms in total. The largest absolute Gasteiger partial charge is 0.378 e. The van der Waals surface area contributed by atoms with Crippen LogP contribution < -0.4 is 10.6 Å². The molecular formula is C13H17N3. The molecule has 0 aliphatic carbocycles. The second-order valence-electron chi connectivity index (χ2n) is 3.76. The molecule has 0 aromatic heterocycles. The van der Waals surface area contributed by atoms with E-state index in [1.165, 1.54) is 11.3 Å².